The highest BCUT2D eigenvalue weighted by atomic mass is 16.5. The molecular formula is C18H26N2O3. The third-order valence-corrected chi connectivity index (χ3v) is 4.26. The Bertz CT molecular complexity index is 495. The molecule has 2 aliphatic heterocycles. The summed E-state index contributed by atoms with van der Waals surface area (Å²) in [5.41, 5.74) is 1.08. The molecule has 5 nitrogen and oxygen atoms in total. The Kier molecular flexibility index (Phi) is 5.67. The minimum absolute atomic E-state index is 0.207. The van der Waals surface area contributed by atoms with Crippen LogP contribution in [-0.4, -0.2) is 63.1 Å². The summed E-state index contributed by atoms with van der Waals surface area (Å²) >= 11 is 0. The van der Waals surface area contributed by atoms with Gasteiger partial charge in [0.2, 0.25) is 0 Å². The van der Waals surface area contributed by atoms with Crippen molar-refractivity contribution in [1.29, 1.82) is 0 Å². The minimum atomic E-state index is -0.207. The minimum Gasteiger partial charge on any atom is -0.490 e. The summed E-state index contributed by atoms with van der Waals surface area (Å²) in [5, 5.41) is 3.42. The molecule has 0 aliphatic carbocycles. The maximum absolute atomic E-state index is 6.06. The molecule has 0 radical (unpaired) electrons. The first-order valence-corrected chi connectivity index (χ1v) is 8.27. The smallest absolute Gasteiger partial charge is 0.119 e. The summed E-state index contributed by atoms with van der Waals surface area (Å²) in [4.78, 5) is 2.44. The van der Waals surface area contributed by atoms with Gasteiger partial charge in [-0.25, -0.2) is 0 Å². The van der Waals surface area contributed by atoms with Gasteiger partial charge in [0.05, 0.1) is 19.8 Å². The van der Waals surface area contributed by atoms with Crippen LogP contribution in [0.15, 0.2) is 36.9 Å². The normalized spacial score (nSPS) is 25.9. The van der Waals surface area contributed by atoms with Crippen LogP contribution in [0.3, 0.4) is 0 Å². The molecule has 0 aromatic heterocycles. The van der Waals surface area contributed by atoms with E-state index in [0.29, 0.717) is 13.2 Å². The summed E-state index contributed by atoms with van der Waals surface area (Å²) in [6.45, 7) is 10.9. The standard InChI is InChI=1S/C18H26N2O3/c1-2-9-22-17-5-3-16(4-6-17)12-20-8-11-23-18(14-20)13-19-7-10-21-15-18/h2-6,19H,1,7-15H2/t18-/m0/s1. The van der Waals surface area contributed by atoms with E-state index >= 15 is 0 Å². The number of hydrogen-bond acceptors (Lipinski definition) is 5. The van der Waals surface area contributed by atoms with E-state index in [4.69, 9.17) is 14.2 Å². The Hall–Kier alpha value is -1.40. The van der Waals surface area contributed by atoms with Gasteiger partial charge in [0.25, 0.3) is 0 Å². The molecule has 2 heterocycles. The predicted molar refractivity (Wildman–Crippen MR) is 89.8 cm³/mol. The van der Waals surface area contributed by atoms with Crippen molar-refractivity contribution in [3.63, 3.8) is 0 Å². The number of ether oxygens (including phenoxy) is 3. The van der Waals surface area contributed by atoms with E-state index in [2.05, 4.69) is 28.9 Å². The lowest BCUT2D eigenvalue weighted by atomic mass is 10.0. The van der Waals surface area contributed by atoms with Crippen LogP contribution in [0.4, 0.5) is 0 Å². The first kappa shape index (κ1) is 16.5. The molecule has 0 saturated carbocycles. The van der Waals surface area contributed by atoms with Gasteiger partial charge in [0.1, 0.15) is 18.0 Å². The molecule has 0 amide bonds. The summed E-state index contributed by atoms with van der Waals surface area (Å²) < 4.78 is 17.3. The van der Waals surface area contributed by atoms with E-state index in [1.165, 1.54) is 5.56 Å². The van der Waals surface area contributed by atoms with Crippen molar-refractivity contribution in [3.8, 4) is 5.75 Å². The number of hydrogen-bond donors (Lipinski definition) is 1. The molecule has 2 fully saturated rings. The number of benzene rings is 1. The second-order valence-electron chi connectivity index (χ2n) is 6.22. The van der Waals surface area contributed by atoms with E-state index in [0.717, 1.165) is 51.7 Å². The van der Waals surface area contributed by atoms with Crippen molar-refractivity contribution in [2.75, 3.05) is 52.6 Å². The molecule has 23 heavy (non-hydrogen) atoms. The predicted octanol–water partition coefficient (Wildman–Crippen LogP) is 1.44. The number of rotatable bonds is 5. The molecule has 2 aliphatic rings. The highest BCUT2D eigenvalue weighted by Gasteiger charge is 2.37. The molecule has 0 bridgehead atoms. The van der Waals surface area contributed by atoms with E-state index in [1.54, 1.807) is 6.08 Å². The van der Waals surface area contributed by atoms with E-state index in [-0.39, 0.29) is 5.60 Å². The fraction of sp³-hybridized carbons (Fsp3) is 0.556. The molecule has 2 saturated heterocycles. The van der Waals surface area contributed by atoms with Crippen LogP contribution >= 0.6 is 0 Å². The number of nitrogens with one attached hydrogen (secondary N) is 1. The van der Waals surface area contributed by atoms with Crippen LogP contribution in [0, 0.1) is 0 Å². The van der Waals surface area contributed by atoms with Crippen LogP contribution in [0.2, 0.25) is 0 Å². The van der Waals surface area contributed by atoms with E-state index in [1.807, 2.05) is 12.1 Å². The zero-order chi connectivity index (χ0) is 16.0. The van der Waals surface area contributed by atoms with Crippen molar-refractivity contribution in [1.82, 2.24) is 10.2 Å². The van der Waals surface area contributed by atoms with Gasteiger partial charge in [-0.05, 0) is 17.7 Å². The fourth-order valence-electron chi connectivity index (χ4n) is 3.13. The van der Waals surface area contributed by atoms with Crippen LogP contribution in [0.1, 0.15) is 5.56 Å². The maximum Gasteiger partial charge on any atom is 0.119 e. The summed E-state index contributed by atoms with van der Waals surface area (Å²) in [6, 6.07) is 8.29. The van der Waals surface area contributed by atoms with Crippen molar-refractivity contribution in [3.05, 3.63) is 42.5 Å². The van der Waals surface area contributed by atoms with Gasteiger partial charge in [0.15, 0.2) is 0 Å². The van der Waals surface area contributed by atoms with Gasteiger partial charge in [-0.3, -0.25) is 4.90 Å². The highest BCUT2D eigenvalue weighted by molar-refractivity contribution is 5.27. The number of nitrogens with zero attached hydrogens (tertiary/aromatic N) is 1. The lowest BCUT2D eigenvalue weighted by molar-refractivity contribution is -0.135. The Morgan fingerprint density at radius 3 is 3.00 bits per heavy atom. The summed E-state index contributed by atoms with van der Waals surface area (Å²) in [5.74, 6) is 0.883. The van der Waals surface area contributed by atoms with Gasteiger partial charge in [-0.2, -0.15) is 0 Å². The second kappa shape index (κ2) is 7.93. The van der Waals surface area contributed by atoms with Gasteiger partial charge < -0.3 is 19.5 Å². The van der Waals surface area contributed by atoms with Crippen LogP contribution in [-0.2, 0) is 16.0 Å². The first-order chi connectivity index (χ1) is 11.3. The fourth-order valence-corrected chi connectivity index (χ4v) is 3.13. The average Bonchev–Trinajstić information content (AvgIpc) is 2.80. The Morgan fingerprint density at radius 2 is 2.17 bits per heavy atom. The summed E-state index contributed by atoms with van der Waals surface area (Å²) in [6.07, 6.45) is 1.75. The van der Waals surface area contributed by atoms with Crippen molar-refractivity contribution in [2.45, 2.75) is 12.1 Å². The second-order valence-corrected chi connectivity index (χ2v) is 6.22. The monoisotopic (exact) mass is 318 g/mol. The van der Waals surface area contributed by atoms with Crippen molar-refractivity contribution >= 4 is 0 Å². The molecule has 1 aromatic carbocycles. The molecule has 1 aromatic rings. The summed E-state index contributed by atoms with van der Waals surface area (Å²) in [7, 11) is 0. The Morgan fingerprint density at radius 1 is 1.30 bits per heavy atom. The molecule has 126 valence electrons. The molecule has 1 atom stereocenters. The lowest BCUT2D eigenvalue weighted by Gasteiger charge is -2.41. The topological polar surface area (TPSA) is 43.0 Å². The van der Waals surface area contributed by atoms with Gasteiger partial charge >= 0.3 is 0 Å². The van der Waals surface area contributed by atoms with Gasteiger partial charge in [-0.1, -0.05) is 24.8 Å². The van der Waals surface area contributed by atoms with E-state index < -0.39 is 0 Å². The zero-order valence-corrected chi connectivity index (χ0v) is 13.6. The molecular weight excluding hydrogens is 292 g/mol. The van der Waals surface area contributed by atoms with Crippen LogP contribution in [0.5, 0.6) is 5.75 Å². The largest absolute Gasteiger partial charge is 0.490 e. The van der Waals surface area contributed by atoms with Crippen molar-refractivity contribution in [2.24, 2.45) is 0 Å². The molecule has 3 rings (SSSR count). The van der Waals surface area contributed by atoms with E-state index in [9.17, 15) is 0 Å². The zero-order valence-electron chi connectivity index (χ0n) is 13.6. The molecule has 0 unspecified atom stereocenters. The number of morpholine rings is 1. The first-order valence-electron chi connectivity index (χ1n) is 8.27. The molecule has 1 spiro atoms. The third-order valence-electron chi connectivity index (χ3n) is 4.26. The Balaban J connectivity index is 1.57. The average molecular weight is 318 g/mol. The SMILES string of the molecule is C=CCOc1ccc(CN2CCO[C@@]3(CNCCOC3)C2)cc1. The quantitative estimate of drug-likeness (QED) is 0.832. The van der Waals surface area contributed by atoms with Gasteiger partial charge in [-0.15, -0.1) is 0 Å². The highest BCUT2D eigenvalue weighted by Crippen LogP contribution is 2.22. The lowest BCUT2D eigenvalue weighted by Crippen LogP contribution is -2.57. The van der Waals surface area contributed by atoms with Gasteiger partial charge in [0, 0.05) is 32.7 Å². The maximum atomic E-state index is 6.06. The van der Waals surface area contributed by atoms with Crippen LogP contribution in [0.25, 0.3) is 0 Å². The van der Waals surface area contributed by atoms with Crippen LogP contribution < -0.4 is 10.1 Å². The van der Waals surface area contributed by atoms with Crippen molar-refractivity contribution < 1.29 is 14.2 Å². The molecule has 5 heteroatoms. The molecule has 1 N–H and O–H groups in total. The third kappa shape index (κ3) is 4.54. The Labute approximate surface area is 138 Å².